The van der Waals surface area contributed by atoms with Crippen molar-refractivity contribution in [3.05, 3.63) is 130 Å². The van der Waals surface area contributed by atoms with Gasteiger partial charge in [0, 0.05) is 29.1 Å². The topological polar surface area (TPSA) is 94.9 Å². The van der Waals surface area contributed by atoms with Crippen molar-refractivity contribution in [2.24, 2.45) is 4.99 Å². The van der Waals surface area contributed by atoms with E-state index >= 15 is 0 Å². The predicted molar refractivity (Wildman–Crippen MR) is 131 cm³/mol. The Morgan fingerprint density at radius 3 is 2.23 bits per heavy atom. The second-order valence-corrected chi connectivity index (χ2v) is 7.66. The molecule has 0 atom stereocenters. The minimum Gasteiger partial charge on any atom is -0.456 e. The number of hydrogen-bond donors (Lipinski definition) is 0. The number of nitro groups is 1. The van der Waals surface area contributed by atoms with Gasteiger partial charge in [-0.05, 0) is 48.5 Å². The van der Waals surface area contributed by atoms with Crippen molar-refractivity contribution in [3.8, 4) is 17.1 Å². The Morgan fingerprint density at radius 2 is 1.51 bits per heavy atom. The zero-order valence-corrected chi connectivity index (χ0v) is 18.3. The second kappa shape index (κ2) is 9.44. The molecule has 1 aromatic heterocycles. The van der Waals surface area contributed by atoms with Crippen LogP contribution in [0.25, 0.3) is 22.3 Å². The van der Waals surface area contributed by atoms with Crippen LogP contribution < -0.4 is 10.1 Å². The highest BCUT2D eigenvalue weighted by Gasteiger charge is 2.12. The van der Waals surface area contributed by atoms with Crippen molar-refractivity contribution in [2.75, 3.05) is 0 Å². The lowest BCUT2D eigenvalue weighted by Crippen LogP contribution is -2.08. The van der Waals surface area contributed by atoms with E-state index in [9.17, 15) is 14.9 Å². The summed E-state index contributed by atoms with van der Waals surface area (Å²) in [6, 6.07) is 31.5. The molecule has 1 heterocycles. The number of nitro benzene ring substituents is 1. The van der Waals surface area contributed by atoms with Crippen LogP contribution in [0.15, 0.2) is 119 Å². The minimum atomic E-state index is -0.604. The summed E-state index contributed by atoms with van der Waals surface area (Å²) in [5.41, 5.74) is 2.47. The smallest absolute Gasteiger partial charge is 0.343 e. The molecule has 0 N–H and O–H groups in total. The Bertz CT molecular complexity index is 1590. The lowest BCUT2D eigenvalue weighted by atomic mass is 10.1. The first-order valence-corrected chi connectivity index (χ1v) is 10.8. The molecule has 0 amide bonds. The van der Waals surface area contributed by atoms with Crippen LogP contribution in [0, 0.1) is 10.1 Å². The number of fused-ring (bicyclic) bond motifs is 1. The van der Waals surface area contributed by atoms with E-state index in [0.717, 1.165) is 21.9 Å². The molecule has 4 aromatic carbocycles. The molecule has 0 aliphatic carbocycles. The Morgan fingerprint density at radius 1 is 0.829 bits per heavy atom. The third-order valence-corrected chi connectivity index (χ3v) is 5.32. The van der Waals surface area contributed by atoms with Gasteiger partial charge in [-0.25, -0.2) is 9.79 Å². The average Bonchev–Trinajstić information content (AvgIpc) is 2.90. The van der Waals surface area contributed by atoms with Crippen molar-refractivity contribution < 1.29 is 18.9 Å². The third-order valence-electron chi connectivity index (χ3n) is 5.32. The lowest BCUT2D eigenvalue weighted by Gasteiger charge is -2.06. The number of para-hydroxylation sites is 1. The van der Waals surface area contributed by atoms with Gasteiger partial charge in [-0.15, -0.1) is 0 Å². The molecule has 0 unspecified atom stereocenters. The Kier molecular flexibility index (Phi) is 5.88. The van der Waals surface area contributed by atoms with Crippen LogP contribution in [0.5, 0.6) is 5.75 Å². The van der Waals surface area contributed by atoms with Crippen molar-refractivity contribution in [2.45, 2.75) is 0 Å². The van der Waals surface area contributed by atoms with Crippen molar-refractivity contribution >= 4 is 28.3 Å². The maximum absolute atomic E-state index is 12.4. The van der Waals surface area contributed by atoms with E-state index in [1.165, 1.54) is 24.3 Å². The van der Waals surface area contributed by atoms with E-state index in [-0.39, 0.29) is 11.3 Å². The quantitative estimate of drug-likeness (QED) is 0.129. The molecule has 0 saturated carbocycles. The fourth-order valence-electron chi connectivity index (χ4n) is 3.57. The summed E-state index contributed by atoms with van der Waals surface area (Å²) in [6.45, 7) is 0. The second-order valence-electron chi connectivity index (χ2n) is 7.66. The molecule has 0 aliphatic heterocycles. The third kappa shape index (κ3) is 4.84. The SMILES string of the molecule is O=C(Oc1ccc(N=c2cc(-c3ccccc3)oc3ccccc23)cc1)c1ccc([N+](=O)[O-])cc1. The number of nitrogens with zero attached hydrogens (tertiary/aromatic N) is 2. The molecular weight excluding hydrogens is 444 g/mol. The van der Waals surface area contributed by atoms with Gasteiger partial charge in [0.2, 0.25) is 0 Å². The number of carbonyl (C=O) groups excluding carboxylic acids is 1. The van der Waals surface area contributed by atoms with E-state index in [1.54, 1.807) is 24.3 Å². The van der Waals surface area contributed by atoms with Gasteiger partial charge in [0.05, 0.1) is 21.5 Å². The molecule has 7 heteroatoms. The summed E-state index contributed by atoms with van der Waals surface area (Å²) < 4.78 is 11.5. The van der Waals surface area contributed by atoms with Gasteiger partial charge in [-0.3, -0.25) is 10.1 Å². The highest BCUT2D eigenvalue weighted by molar-refractivity contribution is 5.91. The molecule has 0 spiro atoms. The molecule has 170 valence electrons. The molecule has 5 rings (SSSR count). The maximum atomic E-state index is 12.4. The summed E-state index contributed by atoms with van der Waals surface area (Å²) in [5, 5.41) is 12.4. The number of non-ortho nitro benzene ring substituents is 1. The summed E-state index contributed by atoms with van der Waals surface area (Å²) in [4.78, 5) is 27.4. The first-order valence-electron chi connectivity index (χ1n) is 10.8. The summed E-state index contributed by atoms with van der Waals surface area (Å²) in [6.07, 6.45) is 0. The molecule has 7 nitrogen and oxygen atoms in total. The summed E-state index contributed by atoms with van der Waals surface area (Å²) in [5.74, 6) is 0.439. The van der Waals surface area contributed by atoms with Crippen molar-refractivity contribution in [3.63, 3.8) is 0 Å². The molecule has 0 fully saturated rings. The van der Waals surface area contributed by atoms with Gasteiger partial charge in [-0.1, -0.05) is 42.5 Å². The molecule has 5 aromatic rings. The number of carbonyl (C=O) groups is 1. The van der Waals surface area contributed by atoms with E-state index in [4.69, 9.17) is 14.1 Å². The summed E-state index contributed by atoms with van der Waals surface area (Å²) >= 11 is 0. The number of rotatable bonds is 5. The molecule has 0 radical (unpaired) electrons. The van der Waals surface area contributed by atoms with Gasteiger partial charge in [0.15, 0.2) is 0 Å². The van der Waals surface area contributed by atoms with E-state index < -0.39 is 10.9 Å². The van der Waals surface area contributed by atoms with Gasteiger partial charge < -0.3 is 9.15 Å². The number of esters is 1. The van der Waals surface area contributed by atoms with Crippen LogP contribution in [-0.2, 0) is 0 Å². The molecular formula is C28H18N2O5. The zero-order valence-electron chi connectivity index (χ0n) is 18.3. The van der Waals surface area contributed by atoms with E-state index in [1.807, 2.05) is 60.7 Å². The monoisotopic (exact) mass is 462 g/mol. The maximum Gasteiger partial charge on any atom is 0.343 e. The molecule has 35 heavy (non-hydrogen) atoms. The largest absolute Gasteiger partial charge is 0.456 e. The van der Waals surface area contributed by atoms with Gasteiger partial charge in [-0.2, -0.15) is 0 Å². The normalized spacial score (nSPS) is 11.4. The van der Waals surface area contributed by atoms with Crippen LogP contribution >= 0.6 is 0 Å². The van der Waals surface area contributed by atoms with Crippen LogP contribution in [-0.4, -0.2) is 10.9 Å². The Hall–Kier alpha value is -5.04. The highest BCUT2D eigenvalue weighted by atomic mass is 16.6. The Balaban J connectivity index is 1.43. The van der Waals surface area contributed by atoms with Crippen LogP contribution in [0.4, 0.5) is 11.4 Å². The van der Waals surface area contributed by atoms with Crippen molar-refractivity contribution in [1.29, 1.82) is 0 Å². The molecule has 0 aliphatic rings. The van der Waals surface area contributed by atoms with E-state index in [0.29, 0.717) is 17.2 Å². The lowest BCUT2D eigenvalue weighted by molar-refractivity contribution is -0.384. The highest BCUT2D eigenvalue weighted by Crippen LogP contribution is 2.24. The van der Waals surface area contributed by atoms with Gasteiger partial charge in [0.1, 0.15) is 17.1 Å². The molecule has 0 saturated heterocycles. The fourth-order valence-corrected chi connectivity index (χ4v) is 3.57. The average molecular weight is 462 g/mol. The first kappa shape index (κ1) is 21.8. The van der Waals surface area contributed by atoms with Gasteiger partial charge >= 0.3 is 5.97 Å². The summed E-state index contributed by atoms with van der Waals surface area (Å²) in [7, 11) is 0. The van der Waals surface area contributed by atoms with Crippen molar-refractivity contribution in [1.82, 2.24) is 0 Å². The fraction of sp³-hybridized carbons (Fsp3) is 0. The number of hydrogen-bond acceptors (Lipinski definition) is 6. The number of ether oxygens (including phenoxy) is 1. The predicted octanol–water partition coefficient (Wildman–Crippen LogP) is 6.46. The zero-order chi connectivity index (χ0) is 24.2. The van der Waals surface area contributed by atoms with Crippen LogP contribution in [0.3, 0.4) is 0 Å². The van der Waals surface area contributed by atoms with Gasteiger partial charge in [0.25, 0.3) is 5.69 Å². The van der Waals surface area contributed by atoms with Crippen LogP contribution in [0.2, 0.25) is 0 Å². The first-order chi connectivity index (χ1) is 17.1. The van der Waals surface area contributed by atoms with Crippen LogP contribution in [0.1, 0.15) is 10.4 Å². The number of benzene rings is 4. The minimum absolute atomic E-state index is 0.0934. The Labute approximate surface area is 199 Å². The molecule has 0 bridgehead atoms. The van der Waals surface area contributed by atoms with E-state index in [2.05, 4.69) is 0 Å². The standard InChI is InChI=1S/C28H18N2O5/c31-28(20-10-14-22(15-11-20)30(32)33)34-23-16-12-21(13-17-23)29-25-18-27(19-6-2-1-3-7-19)35-26-9-5-4-8-24(25)26/h1-18H.